The van der Waals surface area contributed by atoms with Crippen molar-refractivity contribution in [3.63, 3.8) is 0 Å². The van der Waals surface area contributed by atoms with E-state index in [0.717, 1.165) is 52.4 Å². The van der Waals surface area contributed by atoms with Crippen LogP contribution in [-0.2, 0) is 48.3 Å². The van der Waals surface area contributed by atoms with Crippen LogP contribution in [0.25, 0.3) is 0 Å². The average molecular weight is 644 g/mol. The Morgan fingerprint density at radius 2 is 1.57 bits per heavy atom. The van der Waals surface area contributed by atoms with Crippen LogP contribution in [-0.4, -0.2) is 77.8 Å². The summed E-state index contributed by atoms with van der Waals surface area (Å²) in [4.78, 5) is 41.7. The molecule has 3 fully saturated rings. The molecule has 2 N–H and O–H groups in total. The predicted molar refractivity (Wildman–Crippen MR) is 170 cm³/mol. The summed E-state index contributed by atoms with van der Waals surface area (Å²) < 4.78 is 23.9. The summed E-state index contributed by atoms with van der Waals surface area (Å²) >= 11 is 0. The Bertz CT molecular complexity index is 1510. The van der Waals surface area contributed by atoms with Crippen LogP contribution in [0, 0.1) is 5.92 Å². The minimum Gasteiger partial charge on any atom is -0.445 e. The molecule has 11 nitrogen and oxygen atoms in total. The van der Waals surface area contributed by atoms with Gasteiger partial charge in [0.1, 0.15) is 12.6 Å². The van der Waals surface area contributed by atoms with Crippen molar-refractivity contribution in [1.29, 1.82) is 0 Å². The molecular formula is C36H41N3O8. The lowest BCUT2D eigenvalue weighted by molar-refractivity contribution is -0.277. The normalized spacial score (nSPS) is 25.1. The molecule has 11 heteroatoms. The lowest BCUT2D eigenvalue weighted by atomic mass is 9.90. The van der Waals surface area contributed by atoms with Crippen LogP contribution in [0.5, 0.6) is 0 Å². The van der Waals surface area contributed by atoms with E-state index in [4.69, 9.17) is 18.9 Å². The van der Waals surface area contributed by atoms with Crippen molar-refractivity contribution in [1.82, 2.24) is 15.1 Å². The van der Waals surface area contributed by atoms with Gasteiger partial charge in [-0.1, -0.05) is 85.8 Å². The minimum atomic E-state index is -0.970. The number of aliphatic hydroxyl groups is 1. The zero-order chi connectivity index (χ0) is 32.8. The van der Waals surface area contributed by atoms with E-state index in [1.807, 2.05) is 78.9 Å². The fourth-order valence-electron chi connectivity index (χ4n) is 6.20. The first-order valence-corrected chi connectivity index (χ1v) is 16.1. The van der Waals surface area contributed by atoms with E-state index in [9.17, 15) is 19.5 Å². The smallest absolute Gasteiger partial charge is 0.408 e. The number of nitrogens with one attached hydrogen (secondary N) is 1. The molecule has 3 aromatic rings. The Morgan fingerprint density at radius 1 is 0.894 bits per heavy atom. The topological polar surface area (TPSA) is 127 Å². The van der Waals surface area contributed by atoms with Crippen molar-refractivity contribution >= 4 is 17.9 Å². The molecule has 3 heterocycles. The van der Waals surface area contributed by atoms with E-state index < -0.39 is 24.3 Å². The van der Waals surface area contributed by atoms with Gasteiger partial charge in [0.05, 0.1) is 45.0 Å². The van der Waals surface area contributed by atoms with Gasteiger partial charge in [-0.15, -0.1) is 0 Å². The first-order chi connectivity index (χ1) is 22.9. The number of carbonyl (C=O) groups is 3. The highest BCUT2D eigenvalue weighted by molar-refractivity contribution is 6.06. The van der Waals surface area contributed by atoms with Crippen LogP contribution in [0.4, 0.5) is 4.79 Å². The van der Waals surface area contributed by atoms with Crippen LogP contribution in [0.15, 0.2) is 78.9 Å². The summed E-state index contributed by atoms with van der Waals surface area (Å²) in [5.74, 6) is -0.760. The molecule has 0 radical (unpaired) electrons. The zero-order valence-electron chi connectivity index (χ0n) is 26.5. The number of alkyl carbamates (subject to hydrolysis) is 1. The van der Waals surface area contributed by atoms with E-state index in [1.165, 1.54) is 0 Å². The molecule has 3 aliphatic heterocycles. The SMILES string of the molecule is C[C@@H]1[C@H](CN2CCOCC2)O[C@H](c2ccc(CN3C(=O)CC(NC(=O)OCc4ccccc4)C3=O)cc2)O[C@@H]1c1ccc(CO)cc1. The van der Waals surface area contributed by atoms with Crippen molar-refractivity contribution in [2.75, 3.05) is 32.8 Å². The maximum absolute atomic E-state index is 13.1. The van der Waals surface area contributed by atoms with Gasteiger partial charge in [0.15, 0.2) is 6.29 Å². The number of morpholine rings is 1. The lowest BCUT2D eigenvalue weighted by Crippen LogP contribution is -2.47. The number of carbonyl (C=O) groups excluding carboxylic acids is 3. The number of imide groups is 1. The summed E-state index contributed by atoms with van der Waals surface area (Å²) in [6.45, 7) is 6.12. The highest BCUT2D eigenvalue weighted by Gasteiger charge is 2.41. The molecule has 3 aliphatic rings. The molecule has 3 saturated heterocycles. The van der Waals surface area contributed by atoms with Crippen LogP contribution < -0.4 is 5.32 Å². The Hall–Kier alpha value is -4.13. The summed E-state index contributed by atoms with van der Waals surface area (Å²) in [5, 5.41) is 12.1. The van der Waals surface area contributed by atoms with Gasteiger partial charge in [0.25, 0.3) is 5.91 Å². The maximum Gasteiger partial charge on any atom is 0.408 e. The number of hydrogen-bond acceptors (Lipinski definition) is 9. The van der Waals surface area contributed by atoms with Gasteiger partial charge >= 0.3 is 6.09 Å². The third kappa shape index (κ3) is 8.06. The Kier molecular flexibility index (Phi) is 10.6. The second kappa shape index (κ2) is 15.2. The largest absolute Gasteiger partial charge is 0.445 e. The van der Waals surface area contributed by atoms with Crippen molar-refractivity contribution in [2.45, 2.75) is 57.6 Å². The number of aliphatic hydroxyl groups excluding tert-OH is 1. The molecule has 6 rings (SSSR count). The summed E-state index contributed by atoms with van der Waals surface area (Å²) in [5.41, 5.74) is 4.26. The van der Waals surface area contributed by atoms with E-state index >= 15 is 0 Å². The van der Waals surface area contributed by atoms with Crippen molar-refractivity contribution < 1.29 is 38.4 Å². The Labute approximate surface area is 274 Å². The van der Waals surface area contributed by atoms with E-state index in [0.29, 0.717) is 13.2 Å². The third-order valence-electron chi connectivity index (χ3n) is 9.01. The molecule has 0 saturated carbocycles. The Morgan fingerprint density at radius 3 is 2.28 bits per heavy atom. The number of benzene rings is 3. The molecule has 0 aromatic heterocycles. The Balaban J connectivity index is 1.10. The van der Waals surface area contributed by atoms with Gasteiger partial charge in [-0.05, 0) is 22.3 Å². The number of hydrogen-bond donors (Lipinski definition) is 2. The van der Waals surface area contributed by atoms with Gasteiger partial charge in [-0.3, -0.25) is 19.4 Å². The first-order valence-electron chi connectivity index (χ1n) is 16.1. The number of rotatable bonds is 10. The van der Waals surface area contributed by atoms with Gasteiger partial charge < -0.3 is 29.4 Å². The molecule has 0 bridgehead atoms. The highest BCUT2D eigenvalue weighted by atomic mass is 16.7. The fraction of sp³-hybridized carbons (Fsp3) is 0.417. The second-order valence-corrected chi connectivity index (χ2v) is 12.3. The maximum atomic E-state index is 13.1. The predicted octanol–water partition coefficient (Wildman–Crippen LogP) is 3.86. The fourth-order valence-corrected chi connectivity index (χ4v) is 6.20. The van der Waals surface area contributed by atoms with Crippen molar-refractivity contribution in [2.24, 2.45) is 5.92 Å². The molecule has 0 spiro atoms. The second-order valence-electron chi connectivity index (χ2n) is 12.3. The van der Waals surface area contributed by atoms with Crippen molar-refractivity contribution in [3.05, 3.63) is 107 Å². The van der Waals surface area contributed by atoms with Gasteiger partial charge in [-0.25, -0.2) is 4.79 Å². The molecule has 1 unspecified atom stereocenters. The third-order valence-corrected chi connectivity index (χ3v) is 9.01. The van der Waals surface area contributed by atoms with E-state index in [1.54, 1.807) is 0 Å². The monoisotopic (exact) mass is 643 g/mol. The van der Waals surface area contributed by atoms with Crippen LogP contribution in [0.1, 0.15) is 53.6 Å². The van der Waals surface area contributed by atoms with E-state index in [2.05, 4.69) is 17.1 Å². The minimum absolute atomic E-state index is 0.0216. The van der Waals surface area contributed by atoms with Gasteiger partial charge in [-0.2, -0.15) is 0 Å². The van der Waals surface area contributed by atoms with Crippen LogP contribution >= 0.6 is 0 Å². The lowest BCUT2D eigenvalue weighted by Gasteiger charge is -2.43. The number of nitrogens with zero attached hydrogens (tertiary/aromatic N) is 2. The number of likely N-dealkylation sites (tertiary alicyclic amines) is 1. The summed E-state index contributed by atoms with van der Waals surface area (Å²) in [6.07, 6.45) is -1.82. The standard InChI is InChI=1S/C36H41N3O8/c1-24-31(21-38-15-17-44-18-16-38)46-35(47-33(24)28-11-9-26(22-40)10-12-28)29-13-7-25(8-14-29)20-39-32(41)19-30(34(39)42)37-36(43)45-23-27-5-3-2-4-6-27/h2-14,24,30-31,33,35,40H,15-23H2,1H3,(H,37,43)/t24-,30?,31+,33+,35+/m1/s1. The molecule has 3 amide bonds. The molecule has 3 aromatic carbocycles. The van der Waals surface area contributed by atoms with Gasteiger partial charge in [0, 0.05) is 31.1 Å². The first kappa shape index (κ1) is 32.8. The molecular weight excluding hydrogens is 602 g/mol. The highest BCUT2D eigenvalue weighted by Crippen LogP contribution is 2.42. The molecule has 5 atom stereocenters. The number of amides is 3. The molecule has 0 aliphatic carbocycles. The van der Waals surface area contributed by atoms with E-state index in [-0.39, 0.29) is 50.2 Å². The average Bonchev–Trinajstić information content (AvgIpc) is 3.36. The number of ether oxygens (including phenoxy) is 4. The van der Waals surface area contributed by atoms with Gasteiger partial charge in [0.2, 0.25) is 5.91 Å². The quantitative estimate of drug-likeness (QED) is 0.317. The molecule has 47 heavy (non-hydrogen) atoms. The zero-order valence-corrected chi connectivity index (χ0v) is 26.5. The van der Waals surface area contributed by atoms with Crippen LogP contribution in [0.2, 0.25) is 0 Å². The van der Waals surface area contributed by atoms with Crippen molar-refractivity contribution in [3.8, 4) is 0 Å². The van der Waals surface area contributed by atoms with Crippen LogP contribution in [0.3, 0.4) is 0 Å². The summed E-state index contributed by atoms with van der Waals surface area (Å²) in [7, 11) is 0. The molecule has 248 valence electrons. The summed E-state index contributed by atoms with van der Waals surface area (Å²) in [6, 6.07) is 23.6.